The summed E-state index contributed by atoms with van der Waals surface area (Å²) in [7, 11) is 0. The van der Waals surface area contributed by atoms with E-state index in [1.165, 1.54) is 38.7 Å². The van der Waals surface area contributed by atoms with Crippen LogP contribution >= 0.6 is 12.4 Å². The van der Waals surface area contributed by atoms with E-state index in [-0.39, 0.29) is 31.3 Å². The quantitative estimate of drug-likeness (QED) is 0.299. The van der Waals surface area contributed by atoms with Gasteiger partial charge in [0, 0.05) is 12.3 Å². The summed E-state index contributed by atoms with van der Waals surface area (Å²) < 4.78 is 23.2. The molecule has 14 heteroatoms. The molecule has 0 bridgehead atoms. The lowest BCUT2D eigenvalue weighted by atomic mass is 10.2. The summed E-state index contributed by atoms with van der Waals surface area (Å²) in [5, 5.41) is 34.8. The minimum absolute atomic E-state index is 0. The molecule has 12 nitrogen and oxygen atoms in total. The zero-order chi connectivity index (χ0) is 26.9. The highest BCUT2D eigenvalue weighted by atomic mass is 35.5. The van der Waals surface area contributed by atoms with Crippen LogP contribution < -0.4 is 10.1 Å². The van der Waals surface area contributed by atoms with Crippen molar-refractivity contribution in [2.45, 2.75) is 25.9 Å². The zero-order valence-electron chi connectivity index (χ0n) is 20.8. The molecular formula is C25H23ClFN9O3. The fraction of sp³-hybridized carbons (Fsp3) is 0.200. The lowest BCUT2D eigenvalue weighted by Gasteiger charge is -2.18. The van der Waals surface area contributed by atoms with E-state index in [4.69, 9.17) is 4.74 Å². The maximum Gasteiger partial charge on any atom is 0.228 e. The Kier molecular flexibility index (Phi) is 7.61. The topological polar surface area (TPSA) is 148 Å². The highest BCUT2D eigenvalue weighted by Crippen LogP contribution is 2.26. The molecule has 5 aromatic heterocycles. The molecule has 0 spiro atoms. The van der Waals surface area contributed by atoms with Crippen LogP contribution in [0.1, 0.15) is 25.0 Å². The summed E-state index contributed by atoms with van der Waals surface area (Å²) >= 11 is 0. The van der Waals surface area contributed by atoms with Crippen LogP contribution in [0.15, 0.2) is 61.6 Å². The number of anilines is 1. The maximum atomic E-state index is 13.2. The van der Waals surface area contributed by atoms with E-state index in [0.29, 0.717) is 39.6 Å². The second-order valence-corrected chi connectivity index (χ2v) is 9.15. The number of carbonyl (C=O) groups excluding carboxylic acids is 1. The summed E-state index contributed by atoms with van der Waals surface area (Å²) in [6.45, 7) is 3.29. The molecule has 0 aliphatic carbocycles. The Bertz CT molecular complexity index is 1660. The van der Waals surface area contributed by atoms with E-state index >= 15 is 0 Å². The molecule has 0 aliphatic heterocycles. The summed E-state index contributed by atoms with van der Waals surface area (Å²) in [4.78, 5) is 16.9. The first kappa shape index (κ1) is 27.2. The number of rotatable bonds is 8. The monoisotopic (exact) mass is 551 g/mol. The Morgan fingerprint density at radius 3 is 2.59 bits per heavy atom. The van der Waals surface area contributed by atoms with Crippen LogP contribution in [0.4, 0.5) is 10.1 Å². The van der Waals surface area contributed by atoms with Crippen molar-refractivity contribution in [1.29, 1.82) is 5.26 Å². The zero-order valence-corrected chi connectivity index (χ0v) is 21.6. The molecule has 200 valence electrons. The molecule has 2 N–H and O–H groups in total. The van der Waals surface area contributed by atoms with Crippen molar-refractivity contribution in [2.24, 2.45) is 0 Å². The number of hydrogen-bond donors (Lipinski definition) is 2. The predicted molar refractivity (Wildman–Crippen MR) is 140 cm³/mol. The van der Waals surface area contributed by atoms with Crippen molar-refractivity contribution >= 4 is 29.5 Å². The number of ether oxygens (including phenoxy) is 1. The van der Waals surface area contributed by atoms with Gasteiger partial charge in [-0.05, 0) is 25.5 Å². The number of nitrogens with zero attached hydrogens (tertiary/aromatic N) is 8. The molecular weight excluding hydrogens is 529 g/mol. The smallest absolute Gasteiger partial charge is 0.228 e. The molecule has 0 aromatic carbocycles. The lowest BCUT2D eigenvalue weighted by Crippen LogP contribution is -2.28. The molecule has 5 aromatic rings. The standard InChI is InChI=1S/C25H22FN9O3.ClH/c1-25(2,37)15-38-20-6-21(24-17(7-27)9-29-35(24)14-20)33-13-19(11-31-33)32-23(36)5-16-3-4-22(28-8-16)34-12-18(26)10-30-34;/h3-4,6,8-14,37H,5,15H2,1-2H3,(H,32,36);1H. The molecule has 0 saturated carbocycles. The number of nitrogens with one attached hydrogen (secondary N) is 1. The lowest BCUT2D eigenvalue weighted by molar-refractivity contribution is -0.115. The first-order valence-corrected chi connectivity index (χ1v) is 11.5. The van der Waals surface area contributed by atoms with Gasteiger partial charge in [0.1, 0.15) is 23.9 Å². The van der Waals surface area contributed by atoms with Crippen molar-refractivity contribution in [3.63, 3.8) is 0 Å². The summed E-state index contributed by atoms with van der Waals surface area (Å²) in [6, 6.07) is 7.15. The first-order chi connectivity index (χ1) is 18.2. The van der Waals surface area contributed by atoms with Gasteiger partial charge in [0.2, 0.25) is 5.91 Å². The second kappa shape index (κ2) is 10.9. The molecule has 0 aliphatic rings. The van der Waals surface area contributed by atoms with E-state index in [9.17, 15) is 19.6 Å². The first-order valence-electron chi connectivity index (χ1n) is 11.5. The van der Waals surface area contributed by atoms with Gasteiger partial charge in [0.25, 0.3) is 0 Å². The van der Waals surface area contributed by atoms with Gasteiger partial charge in [-0.2, -0.15) is 20.6 Å². The van der Waals surface area contributed by atoms with E-state index in [1.807, 2.05) is 0 Å². The van der Waals surface area contributed by atoms with E-state index < -0.39 is 11.4 Å². The number of hydrogen-bond acceptors (Lipinski definition) is 8. The molecule has 0 radical (unpaired) electrons. The summed E-state index contributed by atoms with van der Waals surface area (Å²) in [5.74, 6) is 0.0776. The number of aromatic nitrogens is 7. The number of halogens is 2. The number of fused-ring (bicyclic) bond motifs is 1. The third kappa shape index (κ3) is 6.20. The molecule has 0 fully saturated rings. The molecule has 0 atom stereocenters. The largest absolute Gasteiger partial charge is 0.489 e. The number of carbonyl (C=O) groups is 1. The Morgan fingerprint density at radius 1 is 1.13 bits per heavy atom. The minimum Gasteiger partial charge on any atom is -0.489 e. The fourth-order valence-corrected chi connectivity index (χ4v) is 3.66. The van der Waals surface area contributed by atoms with Gasteiger partial charge >= 0.3 is 0 Å². The van der Waals surface area contributed by atoms with Gasteiger partial charge in [-0.25, -0.2) is 23.3 Å². The highest BCUT2D eigenvalue weighted by molar-refractivity contribution is 5.92. The van der Waals surface area contributed by atoms with Crippen LogP contribution in [0.5, 0.6) is 5.75 Å². The van der Waals surface area contributed by atoms with Gasteiger partial charge in [0.15, 0.2) is 11.6 Å². The van der Waals surface area contributed by atoms with E-state index in [0.717, 1.165) is 6.20 Å². The van der Waals surface area contributed by atoms with Crippen LogP contribution in [0, 0.1) is 17.1 Å². The van der Waals surface area contributed by atoms with Gasteiger partial charge in [-0.1, -0.05) is 6.07 Å². The number of nitriles is 1. The van der Waals surface area contributed by atoms with E-state index in [1.54, 1.807) is 44.4 Å². The van der Waals surface area contributed by atoms with Gasteiger partial charge in [0.05, 0.1) is 66.1 Å². The summed E-state index contributed by atoms with van der Waals surface area (Å²) in [6.07, 6.45) is 10.0. The molecule has 1 amide bonds. The highest BCUT2D eigenvalue weighted by Gasteiger charge is 2.18. The van der Waals surface area contributed by atoms with Crippen molar-refractivity contribution < 1.29 is 19.0 Å². The van der Waals surface area contributed by atoms with E-state index in [2.05, 4.69) is 31.7 Å². The van der Waals surface area contributed by atoms with Crippen LogP contribution in [-0.4, -0.2) is 57.4 Å². The van der Waals surface area contributed by atoms with Gasteiger partial charge in [-0.3, -0.25) is 4.79 Å². The van der Waals surface area contributed by atoms with Crippen molar-refractivity contribution in [3.8, 4) is 23.3 Å². The minimum atomic E-state index is -1.05. The molecule has 0 unspecified atom stereocenters. The van der Waals surface area contributed by atoms with Crippen molar-refractivity contribution in [2.75, 3.05) is 11.9 Å². The average molecular weight is 552 g/mol. The van der Waals surface area contributed by atoms with Crippen LogP contribution in [0.2, 0.25) is 0 Å². The summed E-state index contributed by atoms with van der Waals surface area (Å²) in [5.41, 5.74) is 1.39. The van der Waals surface area contributed by atoms with Crippen LogP contribution in [0.3, 0.4) is 0 Å². The average Bonchev–Trinajstić information content (AvgIpc) is 3.62. The molecule has 5 rings (SSSR count). The Morgan fingerprint density at radius 2 is 1.92 bits per heavy atom. The molecule has 39 heavy (non-hydrogen) atoms. The van der Waals surface area contributed by atoms with Crippen LogP contribution in [0.25, 0.3) is 17.0 Å². The van der Waals surface area contributed by atoms with Gasteiger partial charge in [-0.15, -0.1) is 12.4 Å². The maximum absolute atomic E-state index is 13.2. The van der Waals surface area contributed by atoms with Crippen molar-refractivity contribution in [3.05, 3.63) is 78.5 Å². The predicted octanol–water partition coefficient (Wildman–Crippen LogP) is 2.86. The Labute approximate surface area is 227 Å². The SMILES string of the molecule is CC(C)(O)COc1cc(-n2cc(NC(=O)Cc3ccc(-n4cc(F)cn4)nc3)cn2)c2c(C#N)cnn2c1.Cl. The molecule has 0 saturated heterocycles. The third-order valence-electron chi connectivity index (χ3n) is 5.35. The second-order valence-electron chi connectivity index (χ2n) is 9.15. The number of amides is 1. The normalized spacial score (nSPS) is 11.2. The third-order valence-corrected chi connectivity index (χ3v) is 5.35. The molecule has 5 heterocycles. The Balaban J connectivity index is 0.00000353. The Hall–Kier alpha value is -4.80. The number of aliphatic hydroxyl groups is 1. The van der Waals surface area contributed by atoms with Crippen LogP contribution in [-0.2, 0) is 11.2 Å². The van der Waals surface area contributed by atoms with Crippen molar-refractivity contribution in [1.82, 2.24) is 34.2 Å². The fourth-order valence-electron chi connectivity index (χ4n) is 3.66. The number of pyridine rings is 2. The van der Waals surface area contributed by atoms with Gasteiger partial charge < -0.3 is 15.2 Å².